The first-order valence-electron chi connectivity index (χ1n) is 20.2. The molecule has 10 heteroatoms. The first-order valence-corrected chi connectivity index (χ1v) is 21.7. The number of phosphoric ester groups is 1. The fourth-order valence-corrected chi connectivity index (χ4v) is 6.06. The summed E-state index contributed by atoms with van der Waals surface area (Å²) in [7, 11) is 1.38. The van der Waals surface area contributed by atoms with Crippen molar-refractivity contribution in [2.75, 3.05) is 40.9 Å². The number of rotatable bonds is 35. The van der Waals surface area contributed by atoms with Crippen LogP contribution in [0.4, 0.5) is 0 Å². The van der Waals surface area contributed by atoms with Crippen molar-refractivity contribution in [2.24, 2.45) is 0 Å². The van der Waals surface area contributed by atoms with Gasteiger partial charge < -0.3 is 24.9 Å². The van der Waals surface area contributed by atoms with Gasteiger partial charge in [0.05, 0.1) is 39.9 Å². The molecule has 0 heterocycles. The number of allylic oxidation sites excluding steroid dienone is 10. The summed E-state index contributed by atoms with van der Waals surface area (Å²) in [6.45, 7) is 4.30. The number of carbonyl (C=O) groups is 1. The lowest BCUT2D eigenvalue weighted by atomic mass is 10.0. The van der Waals surface area contributed by atoms with Crippen molar-refractivity contribution < 1.29 is 38.0 Å². The molecule has 0 aliphatic heterocycles. The zero-order chi connectivity index (χ0) is 38.8. The van der Waals surface area contributed by atoms with Crippen molar-refractivity contribution in [3.8, 4) is 0 Å². The molecule has 0 fully saturated rings. The minimum Gasteiger partial charge on any atom is -0.390 e. The lowest BCUT2D eigenvalue weighted by Gasteiger charge is -2.28. The molecule has 1 amide bonds. The Labute approximate surface area is 318 Å². The molecule has 0 aromatic heterocycles. The van der Waals surface area contributed by atoms with Gasteiger partial charge in [-0.25, -0.2) is 4.57 Å². The van der Waals surface area contributed by atoms with Crippen LogP contribution < -0.4 is 5.32 Å². The Kier molecular flexibility index (Phi) is 32.5. The molecule has 0 rings (SSSR count). The predicted octanol–water partition coefficient (Wildman–Crippen LogP) is 9.66. The molecule has 0 aliphatic carbocycles. The number of nitrogens with zero attached hydrogens (tertiary/aromatic N) is 1. The number of nitrogens with one attached hydrogen (secondary N) is 1. The number of phosphoric acid groups is 1. The van der Waals surface area contributed by atoms with Crippen LogP contribution in [-0.4, -0.2) is 84.6 Å². The minimum absolute atomic E-state index is 0.00668. The van der Waals surface area contributed by atoms with Gasteiger partial charge in [0.2, 0.25) is 5.91 Å². The monoisotopic (exact) mass is 754 g/mol. The van der Waals surface area contributed by atoms with E-state index >= 15 is 0 Å². The number of carbonyl (C=O) groups excluding carboxylic acids is 1. The zero-order valence-electron chi connectivity index (χ0n) is 33.6. The van der Waals surface area contributed by atoms with Crippen LogP contribution >= 0.6 is 7.82 Å². The van der Waals surface area contributed by atoms with Crippen molar-refractivity contribution in [1.82, 2.24) is 5.32 Å². The minimum atomic E-state index is -4.43. The molecule has 9 nitrogen and oxygen atoms in total. The summed E-state index contributed by atoms with van der Waals surface area (Å²) in [4.78, 5) is 23.1. The molecule has 302 valence electrons. The Morgan fingerprint density at radius 3 is 1.83 bits per heavy atom. The highest BCUT2D eigenvalue weighted by atomic mass is 31.2. The van der Waals surface area contributed by atoms with E-state index in [2.05, 4.69) is 73.0 Å². The first-order chi connectivity index (χ1) is 24.9. The third-order valence-corrected chi connectivity index (χ3v) is 9.62. The van der Waals surface area contributed by atoms with Crippen LogP contribution in [0.3, 0.4) is 0 Å². The molecule has 0 aromatic carbocycles. The topological polar surface area (TPSA) is 125 Å². The van der Waals surface area contributed by atoms with Gasteiger partial charge in [0.15, 0.2) is 0 Å². The lowest BCUT2D eigenvalue weighted by molar-refractivity contribution is -0.870. The standard InChI is InChI=1S/C42H77N2O7P/c1-6-8-10-12-14-16-18-20-21-22-23-25-27-29-31-33-35-41(46)43-39(38-51-52(48,49)50-37-36-44(3,4)5)42(47)40(45)34-32-30-28-26-24-19-17-15-13-11-9-7-2/h7,9,15-18,21-22,26,28,39-40,42,45,47H,6,8,10-14,19-20,23-25,27,29-38H2,1-5H3,(H-,43,46,48,49)/p+1/b9-7+,17-15+,18-16-,22-21-,28-26+. The van der Waals surface area contributed by atoms with Gasteiger partial charge in [-0.2, -0.15) is 0 Å². The maximum atomic E-state index is 12.9. The summed E-state index contributed by atoms with van der Waals surface area (Å²) >= 11 is 0. The van der Waals surface area contributed by atoms with E-state index in [1.165, 1.54) is 32.1 Å². The van der Waals surface area contributed by atoms with Gasteiger partial charge >= 0.3 is 7.82 Å². The van der Waals surface area contributed by atoms with Crippen LogP contribution in [0.5, 0.6) is 0 Å². The second-order valence-electron chi connectivity index (χ2n) is 14.8. The first kappa shape index (κ1) is 50.2. The average molecular weight is 754 g/mol. The number of aliphatic hydroxyl groups is 2. The third kappa shape index (κ3) is 34.0. The molecule has 4 atom stereocenters. The fraction of sp³-hybridized carbons (Fsp3) is 0.738. The molecular weight excluding hydrogens is 675 g/mol. The molecule has 0 aromatic rings. The van der Waals surface area contributed by atoms with Gasteiger partial charge in [0.1, 0.15) is 19.3 Å². The summed E-state index contributed by atoms with van der Waals surface area (Å²) in [6.07, 6.45) is 38.7. The number of likely N-dealkylation sites (N-methyl/N-ethyl adjacent to an activating group) is 1. The maximum Gasteiger partial charge on any atom is 0.472 e. The van der Waals surface area contributed by atoms with Crippen LogP contribution in [0, 0.1) is 0 Å². The maximum absolute atomic E-state index is 12.9. The fourth-order valence-electron chi connectivity index (χ4n) is 5.33. The summed E-state index contributed by atoms with van der Waals surface area (Å²) in [5.41, 5.74) is 0. The number of unbranched alkanes of at least 4 members (excludes halogenated alkanes) is 12. The van der Waals surface area contributed by atoms with Crippen molar-refractivity contribution in [3.63, 3.8) is 0 Å². The van der Waals surface area contributed by atoms with Crippen LogP contribution in [0.1, 0.15) is 142 Å². The number of quaternary nitrogens is 1. The van der Waals surface area contributed by atoms with Gasteiger partial charge in [0.25, 0.3) is 0 Å². The summed E-state index contributed by atoms with van der Waals surface area (Å²) in [6, 6.07) is -1.07. The summed E-state index contributed by atoms with van der Waals surface area (Å²) in [5.74, 6) is -0.293. The third-order valence-electron chi connectivity index (χ3n) is 8.63. The van der Waals surface area contributed by atoms with E-state index in [1.54, 1.807) is 0 Å². The van der Waals surface area contributed by atoms with Crippen LogP contribution in [0.2, 0.25) is 0 Å². The molecule has 0 bridgehead atoms. The van der Waals surface area contributed by atoms with Crippen LogP contribution in [0.25, 0.3) is 0 Å². The number of amides is 1. The number of hydrogen-bond acceptors (Lipinski definition) is 6. The Morgan fingerprint density at radius 2 is 1.23 bits per heavy atom. The SMILES string of the molecule is C/C=C/CC/C=C/CC/C=C/CCCC(O)C(O)C(COP(=O)(O)OCC[N+](C)(C)C)NC(=O)CCCCCCC/C=C\C/C=C\CCCCCC. The largest absolute Gasteiger partial charge is 0.472 e. The number of hydrogen-bond donors (Lipinski definition) is 4. The zero-order valence-corrected chi connectivity index (χ0v) is 34.5. The van der Waals surface area contributed by atoms with E-state index < -0.39 is 32.7 Å². The van der Waals surface area contributed by atoms with Crippen molar-refractivity contribution >= 4 is 13.7 Å². The molecule has 0 saturated heterocycles. The molecule has 0 saturated carbocycles. The Balaban J connectivity index is 4.67. The van der Waals surface area contributed by atoms with Gasteiger partial charge in [0, 0.05) is 6.42 Å². The normalized spacial score (nSPS) is 15.8. The smallest absolute Gasteiger partial charge is 0.390 e. The summed E-state index contributed by atoms with van der Waals surface area (Å²) < 4.78 is 23.4. The van der Waals surface area contributed by atoms with E-state index in [-0.39, 0.29) is 18.9 Å². The Morgan fingerprint density at radius 1 is 0.712 bits per heavy atom. The molecular formula is C42H78N2O7P+. The van der Waals surface area contributed by atoms with Crippen molar-refractivity contribution in [3.05, 3.63) is 60.8 Å². The Hall–Kier alpha value is -1.84. The van der Waals surface area contributed by atoms with Gasteiger partial charge in [-0.05, 0) is 90.4 Å². The van der Waals surface area contributed by atoms with E-state index in [4.69, 9.17) is 9.05 Å². The molecule has 0 radical (unpaired) electrons. The second kappa shape index (κ2) is 33.7. The highest BCUT2D eigenvalue weighted by Crippen LogP contribution is 2.43. The van der Waals surface area contributed by atoms with E-state index in [0.29, 0.717) is 30.3 Å². The highest BCUT2D eigenvalue weighted by Gasteiger charge is 2.31. The van der Waals surface area contributed by atoms with Crippen molar-refractivity contribution in [1.29, 1.82) is 0 Å². The molecule has 4 unspecified atom stereocenters. The lowest BCUT2D eigenvalue weighted by Crippen LogP contribution is -2.51. The second-order valence-corrected chi connectivity index (χ2v) is 16.2. The molecule has 0 aliphatic rings. The highest BCUT2D eigenvalue weighted by molar-refractivity contribution is 7.47. The quantitative estimate of drug-likeness (QED) is 0.0220. The van der Waals surface area contributed by atoms with Crippen molar-refractivity contribution in [2.45, 2.75) is 161 Å². The molecule has 52 heavy (non-hydrogen) atoms. The van der Waals surface area contributed by atoms with Gasteiger partial charge in [-0.15, -0.1) is 0 Å². The molecule has 0 spiro atoms. The van der Waals surface area contributed by atoms with Gasteiger partial charge in [-0.1, -0.05) is 106 Å². The predicted molar refractivity (Wildman–Crippen MR) is 218 cm³/mol. The average Bonchev–Trinajstić information content (AvgIpc) is 3.09. The molecule has 4 N–H and O–H groups in total. The van der Waals surface area contributed by atoms with E-state index in [9.17, 15) is 24.5 Å². The van der Waals surface area contributed by atoms with E-state index in [0.717, 1.165) is 70.6 Å². The van der Waals surface area contributed by atoms with Crippen LogP contribution in [-0.2, 0) is 18.4 Å². The van der Waals surface area contributed by atoms with Gasteiger partial charge in [-0.3, -0.25) is 13.8 Å². The van der Waals surface area contributed by atoms with Crippen LogP contribution in [0.15, 0.2) is 60.8 Å². The van der Waals surface area contributed by atoms with E-state index in [1.807, 2.05) is 28.1 Å². The number of aliphatic hydroxyl groups excluding tert-OH is 2. The Bertz CT molecular complexity index is 1050. The summed E-state index contributed by atoms with van der Waals surface area (Å²) in [5, 5.41) is 24.5.